The average Bonchev–Trinajstić information content (AvgIpc) is 2.39. The van der Waals surface area contributed by atoms with Crippen molar-refractivity contribution in [1.29, 1.82) is 0 Å². The number of hydrogen-bond donors (Lipinski definition) is 0. The molecule has 1 aliphatic rings. The predicted octanol–water partition coefficient (Wildman–Crippen LogP) is 2.88. The highest BCUT2D eigenvalue weighted by atomic mass is 32.2. The smallest absolute Gasteiger partial charge is 0.309 e. The van der Waals surface area contributed by atoms with Crippen LogP contribution in [-0.4, -0.2) is 19.1 Å². The van der Waals surface area contributed by atoms with E-state index in [1.807, 2.05) is 0 Å². The maximum atomic E-state index is 11.9. The molecule has 0 radical (unpaired) electrons. The van der Waals surface area contributed by atoms with Gasteiger partial charge in [-0.25, -0.2) is 0 Å². The summed E-state index contributed by atoms with van der Waals surface area (Å²) < 4.78 is 28.9. The lowest BCUT2D eigenvalue weighted by molar-refractivity contribution is -0.384. The van der Waals surface area contributed by atoms with Gasteiger partial charge in [0.1, 0.15) is 5.75 Å². The van der Waals surface area contributed by atoms with Crippen molar-refractivity contribution in [3.05, 3.63) is 34.4 Å². The highest BCUT2D eigenvalue weighted by Crippen LogP contribution is 2.26. The first kappa shape index (κ1) is 14.8. The van der Waals surface area contributed by atoms with Crippen LogP contribution in [0.3, 0.4) is 0 Å². The van der Waals surface area contributed by atoms with Gasteiger partial charge in [0.15, 0.2) is 0 Å². The summed E-state index contributed by atoms with van der Waals surface area (Å²) >= 11 is 0. The molecule has 7 heteroatoms. The van der Waals surface area contributed by atoms with Crippen LogP contribution in [-0.2, 0) is 10.1 Å². The largest absolute Gasteiger partial charge is 0.382 e. The molecule has 110 valence electrons. The van der Waals surface area contributed by atoms with Gasteiger partial charge in [-0.2, -0.15) is 8.42 Å². The highest BCUT2D eigenvalue weighted by Gasteiger charge is 2.23. The molecule has 1 fully saturated rings. The first-order valence-electron chi connectivity index (χ1n) is 6.63. The van der Waals surface area contributed by atoms with E-state index in [4.69, 9.17) is 4.18 Å². The molecule has 2 rings (SSSR count). The lowest BCUT2D eigenvalue weighted by Gasteiger charge is -2.20. The van der Waals surface area contributed by atoms with Gasteiger partial charge >= 0.3 is 10.1 Å². The van der Waals surface area contributed by atoms with Gasteiger partial charge in [-0.1, -0.05) is 19.3 Å². The molecule has 0 saturated heterocycles. The number of rotatable bonds is 5. The minimum atomic E-state index is -3.64. The van der Waals surface area contributed by atoms with Gasteiger partial charge in [-0.15, -0.1) is 0 Å². The zero-order valence-corrected chi connectivity index (χ0v) is 11.8. The Morgan fingerprint density at radius 2 is 1.75 bits per heavy atom. The van der Waals surface area contributed by atoms with Crippen molar-refractivity contribution >= 4 is 15.8 Å². The molecule has 1 aromatic carbocycles. The van der Waals surface area contributed by atoms with Crippen LogP contribution in [0, 0.1) is 16.0 Å². The summed E-state index contributed by atoms with van der Waals surface area (Å²) in [5.74, 6) is 0.294. The van der Waals surface area contributed by atoms with Gasteiger partial charge in [0, 0.05) is 12.1 Å². The molecule has 1 aromatic rings. The van der Waals surface area contributed by atoms with Gasteiger partial charge in [0.05, 0.1) is 10.7 Å². The lowest BCUT2D eigenvalue weighted by Crippen LogP contribution is -2.22. The Balaban J connectivity index is 1.98. The topological polar surface area (TPSA) is 86.5 Å². The van der Waals surface area contributed by atoms with Gasteiger partial charge < -0.3 is 4.18 Å². The van der Waals surface area contributed by atoms with Crippen molar-refractivity contribution in [2.24, 2.45) is 5.92 Å². The summed E-state index contributed by atoms with van der Waals surface area (Å²) in [6, 6.07) is 5.06. The van der Waals surface area contributed by atoms with Crippen molar-refractivity contribution < 1.29 is 17.5 Å². The number of non-ortho nitro benzene ring substituents is 1. The van der Waals surface area contributed by atoms with Crippen LogP contribution in [0.1, 0.15) is 32.1 Å². The zero-order valence-electron chi connectivity index (χ0n) is 11.0. The van der Waals surface area contributed by atoms with E-state index < -0.39 is 15.0 Å². The minimum absolute atomic E-state index is 0.0178. The Bertz CT molecular complexity index is 561. The molecule has 0 heterocycles. The zero-order chi connectivity index (χ0) is 14.6. The summed E-state index contributed by atoms with van der Waals surface area (Å²) in [5, 5.41) is 10.5. The molecule has 0 amide bonds. The average molecular weight is 299 g/mol. The maximum Gasteiger partial charge on any atom is 0.309 e. The molecule has 0 atom stereocenters. The Kier molecular flexibility index (Phi) is 4.59. The van der Waals surface area contributed by atoms with E-state index in [1.54, 1.807) is 0 Å². The van der Waals surface area contributed by atoms with Gasteiger partial charge in [-0.05, 0) is 30.9 Å². The molecule has 0 bridgehead atoms. The van der Waals surface area contributed by atoms with Gasteiger partial charge in [0.2, 0.25) is 0 Å². The quantitative estimate of drug-likeness (QED) is 0.474. The van der Waals surface area contributed by atoms with E-state index in [-0.39, 0.29) is 23.1 Å². The summed E-state index contributed by atoms with van der Waals surface area (Å²) in [4.78, 5) is 9.97. The number of hydrogen-bond acceptors (Lipinski definition) is 5. The molecular formula is C13H17NO5S. The van der Waals surface area contributed by atoms with Crippen LogP contribution < -0.4 is 4.18 Å². The normalized spacial score (nSPS) is 16.8. The van der Waals surface area contributed by atoms with E-state index >= 15 is 0 Å². The van der Waals surface area contributed by atoms with Crippen molar-refractivity contribution in [2.45, 2.75) is 32.1 Å². The van der Waals surface area contributed by atoms with Crippen LogP contribution in [0.25, 0.3) is 0 Å². The van der Waals surface area contributed by atoms with Crippen molar-refractivity contribution in [1.82, 2.24) is 0 Å². The third-order valence-corrected chi connectivity index (χ3v) is 4.76. The molecule has 0 spiro atoms. The molecule has 20 heavy (non-hydrogen) atoms. The van der Waals surface area contributed by atoms with E-state index in [0.717, 1.165) is 25.7 Å². The number of benzene rings is 1. The van der Waals surface area contributed by atoms with Gasteiger partial charge in [-0.3, -0.25) is 10.1 Å². The first-order chi connectivity index (χ1) is 9.46. The molecular weight excluding hydrogens is 282 g/mol. The second-order valence-corrected chi connectivity index (χ2v) is 6.68. The predicted molar refractivity (Wildman–Crippen MR) is 74.1 cm³/mol. The van der Waals surface area contributed by atoms with Gasteiger partial charge in [0.25, 0.3) is 5.69 Å². The van der Waals surface area contributed by atoms with E-state index in [9.17, 15) is 18.5 Å². The standard InChI is InChI=1S/C13H17NO5S/c15-14(16)12-6-8-13(9-7-12)19-20(17,18)10-11-4-2-1-3-5-11/h6-9,11H,1-5,10H2. The van der Waals surface area contributed by atoms with Crippen molar-refractivity contribution in [3.63, 3.8) is 0 Å². The number of nitrogens with zero attached hydrogens (tertiary/aromatic N) is 1. The van der Waals surface area contributed by atoms with Crippen LogP contribution in [0.5, 0.6) is 5.75 Å². The van der Waals surface area contributed by atoms with Crippen molar-refractivity contribution in [3.8, 4) is 5.75 Å². The van der Waals surface area contributed by atoms with Crippen LogP contribution >= 0.6 is 0 Å². The third kappa shape index (κ3) is 4.19. The molecule has 0 unspecified atom stereocenters. The Hall–Kier alpha value is -1.63. The monoisotopic (exact) mass is 299 g/mol. The fourth-order valence-electron chi connectivity index (χ4n) is 2.45. The van der Waals surface area contributed by atoms with Crippen molar-refractivity contribution in [2.75, 3.05) is 5.75 Å². The number of nitro groups is 1. The second-order valence-electron chi connectivity index (χ2n) is 5.06. The Morgan fingerprint density at radius 3 is 2.30 bits per heavy atom. The van der Waals surface area contributed by atoms with Crippen LogP contribution in [0.2, 0.25) is 0 Å². The number of nitro benzene ring substituents is 1. The van der Waals surface area contributed by atoms with Crippen LogP contribution in [0.4, 0.5) is 5.69 Å². The minimum Gasteiger partial charge on any atom is -0.382 e. The SMILES string of the molecule is O=[N+]([O-])c1ccc(OS(=O)(=O)CC2CCCCC2)cc1. The Labute approximate surface area is 118 Å². The fourth-order valence-corrected chi connectivity index (χ4v) is 3.83. The lowest BCUT2D eigenvalue weighted by atomic mass is 9.91. The third-order valence-electron chi connectivity index (χ3n) is 3.44. The van der Waals surface area contributed by atoms with E-state index in [1.165, 1.54) is 30.7 Å². The van der Waals surface area contributed by atoms with E-state index in [2.05, 4.69) is 0 Å². The molecule has 0 aromatic heterocycles. The second kappa shape index (κ2) is 6.21. The summed E-state index contributed by atoms with van der Waals surface area (Å²) in [6.45, 7) is 0. The highest BCUT2D eigenvalue weighted by molar-refractivity contribution is 7.87. The molecule has 0 N–H and O–H groups in total. The molecule has 1 aliphatic carbocycles. The first-order valence-corrected chi connectivity index (χ1v) is 8.21. The summed E-state index contributed by atoms with van der Waals surface area (Å²) in [7, 11) is -3.64. The van der Waals surface area contributed by atoms with Crippen LogP contribution in [0.15, 0.2) is 24.3 Å². The molecule has 6 nitrogen and oxygen atoms in total. The molecule has 1 saturated carbocycles. The summed E-state index contributed by atoms with van der Waals surface area (Å²) in [5.41, 5.74) is -0.0953. The summed E-state index contributed by atoms with van der Waals surface area (Å²) in [6.07, 6.45) is 5.14. The maximum absolute atomic E-state index is 11.9. The molecule has 0 aliphatic heterocycles. The fraction of sp³-hybridized carbons (Fsp3) is 0.538. The Morgan fingerprint density at radius 1 is 1.15 bits per heavy atom. The van der Waals surface area contributed by atoms with E-state index in [0.29, 0.717) is 0 Å².